The van der Waals surface area contributed by atoms with Crippen LogP contribution in [0.1, 0.15) is 25.7 Å². The number of carbonyl (C=O) groups is 2. The molecule has 4 N–H and O–H groups in total. The predicted octanol–water partition coefficient (Wildman–Crippen LogP) is 1.73. The molecule has 2 fully saturated rings. The summed E-state index contributed by atoms with van der Waals surface area (Å²) in [6.07, 6.45) is 3.59. The highest BCUT2D eigenvalue weighted by atomic mass is 16.5. The predicted molar refractivity (Wildman–Crippen MR) is 87.9 cm³/mol. The maximum Gasteiger partial charge on any atom is 0.241 e. The van der Waals surface area contributed by atoms with Gasteiger partial charge in [-0.05, 0) is 55.9 Å². The number of amides is 2. The molecule has 1 unspecified atom stereocenters. The number of nitrogens with one attached hydrogen (secondary N) is 2. The van der Waals surface area contributed by atoms with Gasteiger partial charge in [0, 0.05) is 30.5 Å². The molecule has 2 amide bonds. The zero-order chi connectivity index (χ0) is 16.2. The Balaban J connectivity index is 1.52. The molecule has 0 spiro atoms. The minimum Gasteiger partial charge on any atom is -0.381 e. The van der Waals surface area contributed by atoms with Crippen LogP contribution in [-0.2, 0) is 14.3 Å². The average Bonchev–Trinajstić information content (AvgIpc) is 3.42. The molecule has 0 bridgehead atoms. The van der Waals surface area contributed by atoms with Gasteiger partial charge >= 0.3 is 0 Å². The molecule has 1 aromatic carbocycles. The topological polar surface area (TPSA) is 93.5 Å². The van der Waals surface area contributed by atoms with Crippen LogP contribution in [0, 0.1) is 11.8 Å². The first-order chi connectivity index (χ1) is 11.1. The van der Waals surface area contributed by atoms with E-state index in [1.165, 1.54) is 0 Å². The Kier molecular flexibility index (Phi) is 4.93. The van der Waals surface area contributed by atoms with Gasteiger partial charge in [-0.3, -0.25) is 9.59 Å². The molecule has 3 rings (SSSR count). The van der Waals surface area contributed by atoms with Gasteiger partial charge in [0.05, 0.1) is 6.04 Å². The largest absolute Gasteiger partial charge is 0.381 e. The number of nitrogens with two attached hydrogens (primary N) is 1. The van der Waals surface area contributed by atoms with Gasteiger partial charge < -0.3 is 21.1 Å². The van der Waals surface area contributed by atoms with Crippen molar-refractivity contribution in [3.8, 4) is 0 Å². The SMILES string of the molecule is NC(C(=O)Nc1ccc(NC(=O)C2CC2)cc1)C1CCOCC1. The lowest BCUT2D eigenvalue weighted by molar-refractivity contribution is -0.119. The number of rotatable bonds is 5. The van der Waals surface area contributed by atoms with E-state index < -0.39 is 6.04 Å². The molecule has 1 saturated heterocycles. The van der Waals surface area contributed by atoms with Crippen molar-refractivity contribution in [1.29, 1.82) is 0 Å². The second kappa shape index (κ2) is 7.10. The summed E-state index contributed by atoms with van der Waals surface area (Å²) in [4.78, 5) is 23.9. The Hall–Kier alpha value is -1.92. The minimum atomic E-state index is -0.520. The second-order valence-electron chi connectivity index (χ2n) is 6.31. The summed E-state index contributed by atoms with van der Waals surface area (Å²) in [6, 6.07) is 6.60. The molecule has 0 aromatic heterocycles. The third-order valence-electron chi connectivity index (χ3n) is 4.44. The van der Waals surface area contributed by atoms with E-state index in [0.29, 0.717) is 18.9 Å². The quantitative estimate of drug-likeness (QED) is 0.771. The second-order valence-corrected chi connectivity index (χ2v) is 6.31. The summed E-state index contributed by atoms with van der Waals surface area (Å²) in [6.45, 7) is 1.34. The van der Waals surface area contributed by atoms with Crippen LogP contribution < -0.4 is 16.4 Å². The maximum atomic E-state index is 12.2. The van der Waals surface area contributed by atoms with E-state index in [2.05, 4.69) is 10.6 Å². The van der Waals surface area contributed by atoms with Gasteiger partial charge in [-0.1, -0.05) is 0 Å². The Morgan fingerprint density at radius 3 is 2.13 bits per heavy atom. The third-order valence-corrected chi connectivity index (χ3v) is 4.44. The van der Waals surface area contributed by atoms with Crippen LogP contribution in [0.3, 0.4) is 0 Å². The van der Waals surface area contributed by atoms with E-state index in [-0.39, 0.29) is 23.7 Å². The van der Waals surface area contributed by atoms with Crippen LogP contribution in [0.4, 0.5) is 11.4 Å². The Labute approximate surface area is 135 Å². The smallest absolute Gasteiger partial charge is 0.241 e. The van der Waals surface area contributed by atoms with Crippen LogP contribution in [0.15, 0.2) is 24.3 Å². The first kappa shape index (κ1) is 16.0. The van der Waals surface area contributed by atoms with Crippen molar-refractivity contribution >= 4 is 23.2 Å². The molecular formula is C17H23N3O3. The van der Waals surface area contributed by atoms with Crippen LogP contribution in [0.25, 0.3) is 0 Å². The van der Waals surface area contributed by atoms with Crippen molar-refractivity contribution in [3.05, 3.63) is 24.3 Å². The lowest BCUT2D eigenvalue weighted by Crippen LogP contribution is -2.43. The molecule has 1 aliphatic carbocycles. The van der Waals surface area contributed by atoms with E-state index in [1.54, 1.807) is 24.3 Å². The zero-order valence-corrected chi connectivity index (χ0v) is 13.1. The van der Waals surface area contributed by atoms with Gasteiger partial charge in [0.25, 0.3) is 0 Å². The summed E-state index contributed by atoms with van der Waals surface area (Å²) in [5.41, 5.74) is 7.48. The molecule has 1 atom stereocenters. The monoisotopic (exact) mass is 317 g/mol. The summed E-state index contributed by atoms with van der Waals surface area (Å²) < 4.78 is 5.29. The zero-order valence-electron chi connectivity index (χ0n) is 13.1. The lowest BCUT2D eigenvalue weighted by Gasteiger charge is -2.26. The molecule has 1 heterocycles. The highest BCUT2D eigenvalue weighted by Crippen LogP contribution is 2.30. The van der Waals surface area contributed by atoms with Crippen molar-refractivity contribution < 1.29 is 14.3 Å². The Morgan fingerprint density at radius 2 is 1.57 bits per heavy atom. The van der Waals surface area contributed by atoms with Gasteiger partial charge in [-0.2, -0.15) is 0 Å². The van der Waals surface area contributed by atoms with Crippen molar-refractivity contribution in [2.45, 2.75) is 31.7 Å². The standard InChI is InChI=1S/C17H23N3O3/c18-15(11-7-9-23-10-8-11)17(22)20-14-5-3-13(4-6-14)19-16(21)12-1-2-12/h3-6,11-12,15H,1-2,7-10,18H2,(H,19,21)(H,20,22). The van der Waals surface area contributed by atoms with E-state index in [4.69, 9.17) is 10.5 Å². The summed E-state index contributed by atoms with van der Waals surface area (Å²) >= 11 is 0. The van der Waals surface area contributed by atoms with Gasteiger partial charge in [0.1, 0.15) is 0 Å². The highest BCUT2D eigenvalue weighted by molar-refractivity contribution is 5.96. The number of ether oxygens (including phenoxy) is 1. The van der Waals surface area contributed by atoms with E-state index >= 15 is 0 Å². The molecule has 1 saturated carbocycles. The number of hydrogen-bond acceptors (Lipinski definition) is 4. The number of carbonyl (C=O) groups excluding carboxylic acids is 2. The van der Waals surface area contributed by atoms with Gasteiger partial charge in [-0.15, -0.1) is 0 Å². The molecule has 23 heavy (non-hydrogen) atoms. The van der Waals surface area contributed by atoms with Crippen LogP contribution >= 0.6 is 0 Å². The molecule has 2 aliphatic rings. The Morgan fingerprint density at radius 1 is 1.00 bits per heavy atom. The van der Waals surface area contributed by atoms with Crippen molar-refractivity contribution in [2.75, 3.05) is 23.8 Å². The maximum absolute atomic E-state index is 12.2. The molecule has 1 aliphatic heterocycles. The third kappa shape index (κ3) is 4.30. The minimum absolute atomic E-state index is 0.0725. The molecule has 0 radical (unpaired) electrons. The van der Waals surface area contributed by atoms with E-state index in [0.717, 1.165) is 31.4 Å². The molecule has 6 heteroatoms. The molecule has 124 valence electrons. The fraction of sp³-hybridized carbons (Fsp3) is 0.529. The first-order valence-corrected chi connectivity index (χ1v) is 8.18. The number of anilines is 2. The van der Waals surface area contributed by atoms with Crippen LogP contribution in [0.5, 0.6) is 0 Å². The fourth-order valence-electron chi connectivity index (χ4n) is 2.74. The Bertz CT molecular complexity index is 563. The summed E-state index contributed by atoms with van der Waals surface area (Å²) in [7, 11) is 0. The number of benzene rings is 1. The normalized spacial score (nSPS) is 19.9. The fourth-order valence-corrected chi connectivity index (χ4v) is 2.74. The van der Waals surface area contributed by atoms with Gasteiger partial charge in [0.2, 0.25) is 11.8 Å². The summed E-state index contributed by atoms with van der Waals surface area (Å²) in [5, 5.41) is 5.71. The van der Waals surface area contributed by atoms with Crippen molar-refractivity contribution in [1.82, 2.24) is 0 Å². The first-order valence-electron chi connectivity index (χ1n) is 8.18. The van der Waals surface area contributed by atoms with Crippen molar-refractivity contribution in [2.24, 2.45) is 17.6 Å². The van der Waals surface area contributed by atoms with E-state index in [9.17, 15) is 9.59 Å². The molecule has 6 nitrogen and oxygen atoms in total. The highest BCUT2D eigenvalue weighted by Gasteiger charge is 2.29. The van der Waals surface area contributed by atoms with Crippen molar-refractivity contribution in [3.63, 3.8) is 0 Å². The van der Waals surface area contributed by atoms with E-state index in [1.807, 2.05) is 0 Å². The number of hydrogen-bond donors (Lipinski definition) is 3. The molecule has 1 aromatic rings. The lowest BCUT2D eigenvalue weighted by atomic mass is 9.92. The van der Waals surface area contributed by atoms with Gasteiger partial charge in [0.15, 0.2) is 0 Å². The average molecular weight is 317 g/mol. The van der Waals surface area contributed by atoms with Gasteiger partial charge in [-0.25, -0.2) is 0 Å². The van der Waals surface area contributed by atoms with Crippen LogP contribution in [-0.4, -0.2) is 31.1 Å². The molecular weight excluding hydrogens is 294 g/mol. The van der Waals surface area contributed by atoms with Crippen LogP contribution in [0.2, 0.25) is 0 Å². The summed E-state index contributed by atoms with van der Waals surface area (Å²) in [5.74, 6) is 0.239.